The molecule has 0 aliphatic rings. The summed E-state index contributed by atoms with van der Waals surface area (Å²) in [5, 5.41) is 9.24. The van der Waals surface area contributed by atoms with Crippen molar-refractivity contribution in [2.24, 2.45) is 5.10 Å². The first-order valence-corrected chi connectivity index (χ1v) is 11.3. The molecule has 8 nitrogen and oxygen atoms in total. The Kier molecular flexibility index (Phi) is 7.01. The molecule has 0 aliphatic carbocycles. The SMILES string of the molecule is CCn1c2ccccc2c2cc(NC(=O)CC(C)=NNC(=O)c3ccc(OC)c(OC)c3)ccc21. The predicted molar refractivity (Wildman–Crippen MR) is 138 cm³/mol. The minimum atomic E-state index is -0.413. The Morgan fingerprint density at radius 3 is 2.40 bits per heavy atom. The van der Waals surface area contributed by atoms with Gasteiger partial charge in [0.1, 0.15) is 0 Å². The highest BCUT2D eigenvalue weighted by atomic mass is 16.5. The fraction of sp³-hybridized carbons (Fsp3) is 0.222. The van der Waals surface area contributed by atoms with Crippen molar-refractivity contribution < 1.29 is 19.1 Å². The van der Waals surface area contributed by atoms with Crippen LogP contribution in [0.15, 0.2) is 65.8 Å². The molecule has 3 aromatic carbocycles. The molecule has 4 aromatic rings. The largest absolute Gasteiger partial charge is 0.493 e. The number of hydrogen-bond donors (Lipinski definition) is 2. The van der Waals surface area contributed by atoms with E-state index in [2.05, 4.69) is 39.5 Å². The first-order chi connectivity index (χ1) is 16.9. The van der Waals surface area contributed by atoms with Crippen molar-refractivity contribution in [1.82, 2.24) is 9.99 Å². The van der Waals surface area contributed by atoms with E-state index in [9.17, 15) is 9.59 Å². The van der Waals surface area contributed by atoms with Gasteiger partial charge in [0.25, 0.3) is 5.91 Å². The van der Waals surface area contributed by atoms with Crippen molar-refractivity contribution in [3.05, 3.63) is 66.2 Å². The molecular weight excluding hydrogens is 444 g/mol. The first kappa shape index (κ1) is 23.8. The van der Waals surface area contributed by atoms with Crippen LogP contribution in [-0.4, -0.2) is 36.3 Å². The Morgan fingerprint density at radius 1 is 0.914 bits per heavy atom. The second-order valence-corrected chi connectivity index (χ2v) is 8.08. The summed E-state index contributed by atoms with van der Waals surface area (Å²) in [7, 11) is 3.03. The Bertz CT molecular complexity index is 1440. The third-order valence-electron chi connectivity index (χ3n) is 5.78. The van der Waals surface area contributed by atoms with Crippen LogP contribution in [0.5, 0.6) is 11.5 Å². The molecule has 180 valence electrons. The Labute approximate surface area is 203 Å². The summed E-state index contributed by atoms with van der Waals surface area (Å²) >= 11 is 0. The highest BCUT2D eigenvalue weighted by Gasteiger charge is 2.13. The van der Waals surface area contributed by atoms with Crippen molar-refractivity contribution >= 4 is 45.0 Å². The molecule has 4 rings (SSSR count). The lowest BCUT2D eigenvalue weighted by Gasteiger charge is -2.09. The molecule has 2 amide bonds. The van der Waals surface area contributed by atoms with E-state index < -0.39 is 5.91 Å². The lowest BCUT2D eigenvalue weighted by Crippen LogP contribution is -2.21. The molecule has 0 aliphatic heterocycles. The molecule has 35 heavy (non-hydrogen) atoms. The Balaban J connectivity index is 1.42. The molecule has 8 heteroatoms. The maximum Gasteiger partial charge on any atom is 0.271 e. The van der Waals surface area contributed by atoms with Gasteiger partial charge in [0.05, 0.1) is 20.6 Å². The van der Waals surface area contributed by atoms with Crippen LogP contribution in [0, 0.1) is 0 Å². The van der Waals surface area contributed by atoms with Crippen molar-refractivity contribution in [2.75, 3.05) is 19.5 Å². The van der Waals surface area contributed by atoms with Crippen molar-refractivity contribution in [2.45, 2.75) is 26.8 Å². The number of hydrazone groups is 1. The number of rotatable bonds is 8. The number of amides is 2. The van der Waals surface area contributed by atoms with Gasteiger partial charge in [0.15, 0.2) is 11.5 Å². The second-order valence-electron chi connectivity index (χ2n) is 8.08. The van der Waals surface area contributed by atoms with E-state index in [-0.39, 0.29) is 12.3 Å². The van der Waals surface area contributed by atoms with E-state index in [1.165, 1.54) is 19.7 Å². The molecule has 0 unspecified atom stereocenters. The fourth-order valence-corrected chi connectivity index (χ4v) is 4.14. The van der Waals surface area contributed by atoms with Crippen LogP contribution in [0.1, 0.15) is 30.6 Å². The highest BCUT2D eigenvalue weighted by Crippen LogP contribution is 2.31. The highest BCUT2D eigenvalue weighted by molar-refractivity contribution is 6.11. The number of fused-ring (bicyclic) bond motifs is 3. The summed E-state index contributed by atoms with van der Waals surface area (Å²) in [6, 6.07) is 19.0. The maximum absolute atomic E-state index is 12.6. The van der Waals surface area contributed by atoms with Crippen LogP contribution in [0.3, 0.4) is 0 Å². The molecule has 0 radical (unpaired) electrons. The zero-order chi connectivity index (χ0) is 24.9. The number of carbonyl (C=O) groups excluding carboxylic acids is 2. The summed E-state index contributed by atoms with van der Waals surface area (Å²) in [4.78, 5) is 25.0. The Hall–Kier alpha value is -4.33. The van der Waals surface area contributed by atoms with Gasteiger partial charge in [-0.25, -0.2) is 5.43 Å². The number of aromatic nitrogens is 1. The molecule has 0 bridgehead atoms. The topological polar surface area (TPSA) is 94.0 Å². The van der Waals surface area contributed by atoms with E-state index in [1.807, 2.05) is 30.3 Å². The number of benzene rings is 3. The first-order valence-electron chi connectivity index (χ1n) is 11.3. The second kappa shape index (κ2) is 10.3. The van der Waals surface area contributed by atoms with Gasteiger partial charge in [-0.15, -0.1) is 0 Å². The van der Waals surface area contributed by atoms with Crippen LogP contribution < -0.4 is 20.2 Å². The summed E-state index contributed by atoms with van der Waals surface area (Å²) in [5.74, 6) is 0.339. The number of methoxy groups -OCH3 is 2. The summed E-state index contributed by atoms with van der Waals surface area (Å²) in [6.07, 6.45) is 0.0426. The van der Waals surface area contributed by atoms with Crippen molar-refractivity contribution in [1.29, 1.82) is 0 Å². The maximum atomic E-state index is 12.6. The van der Waals surface area contributed by atoms with Crippen LogP contribution >= 0.6 is 0 Å². The van der Waals surface area contributed by atoms with Crippen LogP contribution in [0.25, 0.3) is 21.8 Å². The van der Waals surface area contributed by atoms with Crippen LogP contribution in [0.2, 0.25) is 0 Å². The summed E-state index contributed by atoms with van der Waals surface area (Å²) in [6.45, 7) is 4.67. The normalized spacial score (nSPS) is 11.5. The molecule has 2 N–H and O–H groups in total. The number of para-hydroxylation sites is 1. The molecular formula is C27H28N4O4. The van der Waals surface area contributed by atoms with Crippen molar-refractivity contribution in [3.63, 3.8) is 0 Å². The van der Waals surface area contributed by atoms with Gasteiger partial charge in [0.2, 0.25) is 5.91 Å². The third kappa shape index (κ3) is 4.96. The smallest absolute Gasteiger partial charge is 0.271 e. The quantitative estimate of drug-likeness (QED) is 0.280. The van der Waals surface area contributed by atoms with E-state index >= 15 is 0 Å². The molecule has 0 fully saturated rings. The van der Waals surface area contributed by atoms with Gasteiger partial charge >= 0.3 is 0 Å². The summed E-state index contributed by atoms with van der Waals surface area (Å²) in [5.41, 5.74) is 6.32. The molecule has 1 aromatic heterocycles. The minimum Gasteiger partial charge on any atom is -0.493 e. The van der Waals surface area contributed by atoms with E-state index in [1.54, 1.807) is 25.1 Å². The van der Waals surface area contributed by atoms with Gasteiger partial charge in [-0.3, -0.25) is 9.59 Å². The number of hydrogen-bond acceptors (Lipinski definition) is 5. The number of carbonyl (C=O) groups is 2. The zero-order valence-corrected chi connectivity index (χ0v) is 20.2. The average Bonchev–Trinajstić information content (AvgIpc) is 3.19. The van der Waals surface area contributed by atoms with Gasteiger partial charge in [-0.05, 0) is 56.3 Å². The zero-order valence-electron chi connectivity index (χ0n) is 20.2. The molecule has 1 heterocycles. The molecule has 0 spiro atoms. The number of anilines is 1. The average molecular weight is 473 g/mol. The van der Waals surface area contributed by atoms with Gasteiger partial charge in [0, 0.05) is 45.3 Å². The number of nitrogens with one attached hydrogen (secondary N) is 2. The molecule has 0 atom stereocenters. The van der Waals surface area contributed by atoms with Crippen LogP contribution in [0.4, 0.5) is 5.69 Å². The van der Waals surface area contributed by atoms with E-state index in [4.69, 9.17) is 9.47 Å². The Morgan fingerprint density at radius 2 is 1.66 bits per heavy atom. The number of aryl methyl sites for hydroxylation is 1. The standard InChI is InChI=1S/C27H28N4O4/c1-5-31-22-9-7-6-8-20(22)21-16-19(11-12-23(21)31)28-26(32)14-17(2)29-30-27(33)18-10-13-24(34-3)25(15-18)35-4/h6-13,15-16H,5,14H2,1-4H3,(H,28,32)(H,30,33). The van der Waals surface area contributed by atoms with Crippen molar-refractivity contribution in [3.8, 4) is 11.5 Å². The fourth-order valence-electron chi connectivity index (χ4n) is 4.14. The van der Waals surface area contributed by atoms with Gasteiger partial charge in [-0.1, -0.05) is 18.2 Å². The minimum absolute atomic E-state index is 0.0426. The lowest BCUT2D eigenvalue weighted by atomic mass is 10.1. The third-order valence-corrected chi connectivity index (χ3v) is 5.78. The number of nitrogens with zero attached hydrogens (tertiary/aromatic N) is 2. The lowest BCUT2D eigenvalue weighted by molar-refractivity contribution is -0.115. The predicted octanol–water partition coefficient (Wildman–Crippen LogP) is 4.97. The van der Waals surface area contributed by atoms with Gasteiger partial charge < -0.3 is 19.4 Å². The van der Waals surface area contributed by atoms with E-state index in [0.29, 0.717) is 28.5 Å². The molecule has 0 saturated heterocycles. The van der Waals surface area contributed by atoms with Crippen LogP contribution in [-0.2, 0) is 11.3 Å². The summed E-state index contributed by atoms with van der Waals surface area (Å²) < 4.78 is 12.7. The van der Waals surface area contributed by atoms with Gasteiger partial charge in [-0.2, -0.15) is 5.10 Å². The van der Waals surface area contributed by atoms with E-state index in [0.717, 1.165) is 22.8 Å². The molecule has 0 saturated carbocycles. The number of ether oxygens (including phenoxy) is 2. The monoisotopic (exact) mass is 472 g/mol.